The highest BCUT2D eigenvalue weighted by Crippen LogP contribution is 2.33. The summed E-state index contributed by atoms with van der Waals surface area (Å²) in [5.41, 5.74) is 5.62. The molecule has 8 aromatic rings. The predicted molar refractivity (Wildman–Crippen MR) is 301 cm³/mol. The monoisotopic (exact) mass is 1090 g/mol. The van der Waals surface area contributed by atoms with Gasteiger partial charge in [0.25, 0.3) is 0 Å². The van der Waals surface area contributed by atoms with E-state index in [4.69, 9.17) is 42.1 Å². The number of nitrogens with zero attached hydrogens (tertiary/aromatic N) is 2. The van der Waals surface area contributed by atoms with Gasteiger partial charge >= 0.3 is 0 Å². The molecule has 77 heavy (non-hydrogen) atoms. The van der Waals surface area contributed by atoms with Gasteiger partial charge < -0.3 is 54.4 Å². The number of hydrogen-bond donors (Lipinski definition) is 4. The van der Waals surface area contributed by atoms with Gasteiger partial charge in [-0.15, -0.1) is 23.2 Å². The van der Waals surface area contributed by atoms with E-state index >= 15 is 0 Å². The van der Waals surface area contributed by atoms with Crippen molar-refractivity contribution in [1.82, 2.24) is 19.8 Å². The third-order valence-corrected chi connectivity index (χ3v) is 13.5. The molecule has 2 heterocycles. The zero-order chi connectivity index (χ0) is 54.1. The molecule has 15 nitrogen and oxygen atoms in total. The summed E-state index contributed by atoms with van der Waals surface area (Å²) in [6.45, 7) is 4.60. The molecule has 2 amide bonds. The second kappa shape index (κ2) is 28.5. The van der Waals surface area contributed by atoms with E-state index in [1.807, 2.05) is 123 Å². The van der Waals surface area contributed by atoms with E-state index < -0.39 is 12.2 Å². The first-order valence-electron chi connectivity index (χ1n) is 24.8. The Morgan fingerprint density at radius 2 is 0.870 bits per heavy atom. The minimum atomic E-state index is -1.02. The van der Waals surface area contributed by atoms with Crippen molar-refractivity contribution in [1.29, 1.82) is 0 Å². The Hall–Kier alpha value is -7.66. The number of fused-ring (bicyclic) bond motifs is 2. The first kappa shape index (κ1) is 58.6. The van der Waals surface area contributed by atoms with Crippen LogP contribution in [0.2, 0.25) is 0 Å². The summed E-state index contributed by atoms with van der Waals surface area (Å²) in [5.74, 6) is 1.58. The molecule has 17 heteroatoms. The number of nitrogens with one attached hydrogen (secondary N) is 2. The van der Waals surface area contributed by atoms with Gasteiger partial charge in [-0.1, -0.05) is 97.1 Å². The lowest BCUT2D eigenvalue weighted by Crippen LogP contribution is -2.43. The molecule has 0 saturated heterocycles. The highest BCUT2D eigenvalue weighted by atomic mass is 35.5. The number of amides is 2. The van der Waals surface area contributed by atoms with Crippen molar-refractivity contribution in [2.75, 3.05) is 39.1 Å². The van der Waals surface area contributed by atoms with Crippen LogP contribution in [0, 0.1) is 0 Å². The molecule has 404 valence electrons. The van der Waals surface area contributed by atoms with Crippen molar-refractivity contribution in [3.05, 3.63) is 212 Å². The van der Waals surface area contributed by atoms with E-state index in [9.17, 15) is 29.4 Å². The maximum atomic E-state index is 12.8. The number of rotatable bonds is 22. The fourth-order valence-electron chi connectivity index (χ4n) is 8.99. The molecule has 8 rings (SSSR count). The van der Waals surface area contributed by atoms with Crippen LogP contribution in [0.4, 0.5) is 0 Å². The Bertz CT molecular complexity index is 3070. The van der Waals surface area contributed by atoms with Crippen LogP contribution < -0.4 is 30.1 Å². The summed E-state index contributed by atoms with van der Waals surface area (Å²) in [7, 11) is 3.22. The number of aliphatic hydroxyl groups is 2. The van der Waals surface area contributed by atoms with Crippen LogP contribution in [0.3, 0.4) is 0 Å². The summed E-state index contributed by atoms with van der Waals surface area (Å²) >= 11 is 11.9. The number of ether oxygens (including phenoxy) is 4. The van der Waals surface area contributed by atoms with Crippen LogP contribution in [-0.4, -0.2) is 98.4 Å². The number of hydrogen-bond acceptors (Lipinski definition) is 10. The van der Waals surface area contributed by atoms with Crippen molar-refractivity contribution < 1.29 is 44.2 Å². The number of carbonyl (C=O) groups is 2. The molecule has 6 N–H and O–H groups in total. The number of carbonyl (C=O) groups excluding carboxylic acids is 2. The molecular weight excluding hydrogens is 1020 g/mol. The maximum Gasteiger partial charge on any atom is 0.248 e. The standard InChI is InChI=1S/2C30H31ClN2O5.H2O/c2*1-20(16-21-8-10-23(37-2)11-9-21)33(29(36)17-31)18-26(34)24-12-14-27(30-25(24)13-15-28(35)32-30)38-19-22-6-4-3-5-7-22;/h2*3-15,20,26,34H,16-19H2,1-2H3,(H,32,35);1H2/t2*20-,26-;/m11./s1. The molecule has 0 fully saturated rings. The normalized spacial score (nSPS) is 12.5. The van der Waals surface area contributed by atoms with Gasteiger partial charge in [0, 0.05) is 35.0 Å². The minimum Gasteiger partial charge on any atom is -0.497 e. The van der Waals surface area contributed by atoms with E-state index in [1.165, 1.54) is 12.1 Å². The van der Waals surface area contributed by atoms with E-state index in [-0.39, 0.29) is 65.3 Å². The van der Waals surface area contributed by atoms with Crippen molar-refractivity contribution >= 4 is 56.8 Å². The fraction of sp³-hybridized carbons (Fsp3) is 0.267. The Balaban J connectivity index is 0.000000246. The van der Waals surface area contributed by atoms with E-state index in [2.05, 4.69) is 9.97 Å². The average Bonchev–Trinajstić information content (AvgIpc) is 3.45. The molecule has 6 aromatic carbocycles. The SMILES string of the molecule is COc1ccc(C[C@@H](C)N(C[C@@H](O)c2ccc(OCc3ccccc3)c3[nH]c(=O)ccc23)C(=O)CCl)cc1.COc1ccc(C[C@@H](C)N(C[C@@H](O)c2ccc(OCc3ccccc3)c3[nH]c(=O)ccc23)C(=O)CCl)cc1.O. The Labute approximate surface area is 456 Å². The van der Waals surface area contributed by atoms with Gasteiger partial charge in [-0.05, 0) is 109 Å². The van der Waals surface area contributed by atoms with E-state index in [1.54, 1.807) is 60.4 Å². The number of aromatic nitrogens is 2. The predicted octanol–water partition coefficient (Wildman–Crippen LogP) is 8.87. The third-order valence-electron chi connectivity index (χ3n) is 13.0. The number of alkyl halides is 2. The van der Waals surface area contributed by atoms with Crippen molar-refractivity contribution in [2.24, 2.45) is 0 Å². The van der Waals surface area contributed by atoms with Crippen LogP contribution in [0.1, 0.15) is 59.4 Å². The van der Waals surface area contributed by atoms with Gasteiger partial charge in [-0.25, -0.2) is 0 Å². The van der Waals surface area contributed by atoms with Gasteiger partial charge in [0.15, 0.2) is 0 Å². The molecule has 0 unspecified atom stereocenters. The molecule has 0 radical (unpaired) electrons. The Morgan fingerprint density at radius 3 is 1.21 bits per heavy atom. The number of halogens is 2. The molecule has 0 spiro atoms. The quantitative estimate of drug-likeness (QED) is 0.0473. The van der Waals surface area contributed by atoms with Crippen molar-refractivity contribution in [3.63, 3.8) is 0 Å². The van der Waals surface area contributed by atoms with Gasteiger partial charge in [-0.3, -0.25) is 19.2 Å². The zero-order valence-electron chi connectivity index (χ0n) is 43.3. The minimum absolute atomic E-state index is 0. The van der Waals surface area contributed by atoms with Gasteiger partial charge in [-0.2, -0.15) is 0 Å². The van der Waals surface area contributed by atoms with Crippen LogP contribution in [0.15, 0.2) is 167 Å². The Morgan fingerprint density at radius 1 is 0.506 bits per heavy atom. The molecular formula is C60H64Cl2N4O11. The summed E-state index contributed by atoms with van der Waals surface area (Å²) in [6.07, 6.45) is -0.867. The lowest BCUT2D eigenvalue weighted by atomic mass is 10.0. The maximum absolute atomic E-state index is 12.8. The second-order valence-corrected chi connectivity index (χ2v) is 18.8. The number of methoxy groups -OCH3 is 2. The smallest absolute Gasteiger partial charge is 0.248 e. The largest absolute Gasteiger partial charge is 0.497 e. The number of pyridine rings is 2. The molecule has 0 bridgehead atoms. The molecule has 0 aliphatic carbocycles. The summed E-state index contributed by atoms with van der Waals surface area (Å²) in [6, 6.07) is 47.4. The number of aliphatic hydroxyl groups excluding tert-OH is 2. The summed E-state index contributed by atoms with van der Waals surface area (Å²) in [4.78, 5) is 58.7. The fourth-order valence-corrected chi connectivity index (χ4v) is 9.30. The third kappa shape index (κ3) is 15.7. The number of H-pyrrole nitrogens is 2. The lowest BCUT2D eigenvalue weighted by Gasteiger charge is -2.31. The molecule has 4 atom stereocenters. The molecule has 0 aliphatic rings. The summed E-state index contributed by atoms with van der Waals surface area (Å²) in [5, 5.41) is 23.9. The summed E-state index contributed by atoms with van der Waals surface area (Å²) < 4.78 is 22.5. The second-order valence-electron chi connectivity index (χ2n) is 18.3. The number of aromatic amines is 2. The first-order chi connectivity index (χ1) is 36.8. The Kier molecular flexibility index (Phi) is 21.7. The van der Waals surface area contributed by atoms with Crippen molar-refractivity contribution in [2.45, 2.75) is 64.2 Å². The zero-order valence-corrected chi connectivity index (χ0v) is 44.8. The first-order valence-corrected chi connectivity index (χ1v) is 25.8. The molecule has 0 aliphatic heterocycles. The average molecular weight is 1090 g/mol. The van der Waals surface area contributed by atoms with Gasteiger partial charge in [0.05, 0.1) is 50.6 Å². The van der Waals surface area contributed by atoms with Gasteiger partial charge in [0.1, 0.15) is 48.0 Å². The van der Waals surface area contributed by atoms with E-state index in [0.717, 1.165) is 33.8 Å². The van der Waals surface area contributed by atoms with Crippen LogP contribution in [-0.2, 0) is 35.6 Å². The highest BCUT2D eigenvalue weighted by Gasteiger charge is 2.27. The number of benzene rings is 6. The van der Waals surface area contributed by atoms with Crippen LogP contribution in [0.25, 0.3) is 21.8 Å². The van der Waals surface area contributed by atoms with Crippen LogP contribution in [0.5, 0.6) is 23.0 Å². The molecule has 2 aromatic heterocycles. The van der Waals surface area contributed by atoms with Crippen molar-refractivity contribution in [3.8, 4) is 23.0 Å². The molecule has 0 saturated carbocycles. The lowest BCUT2D eigenvalue weighted by molar-refractivity contribution is -0.132. The van der Waals surface area contributed by atoms with E-state index in [0.29, 0.717) is 70.5 Å². The van der Waals surface area contributed by atoms with Gasteiger partial charge in [0.2, 0.25) is 22.9 Å². The highest BCUT2D eigenvalue weighted by molar-refractivity contribution is 6.27. The topological polar surface area (TPSA) is 215 Å². The van der Waals surface area contributed by atoms with Crippen LogP contribution >= 0.6 is 23.2 Å².